The Morgan fingerprint density at radius 3 is 2.83 bits per heavy atom. The Bertz CT molecular complexity index is 920. The van der Waals surface area contributed by atoms with Crippen LogP contribution in [0, 0.1) is 3.57 Å². The first-order valence-electron chi connectivity index (χ1n) is 7.11. The van der Waals surface area contributed by atoms with E-state index < -0.39 is 0 Å². The lowest BCUT2D eigenvalue weighted by atomic mass is 10.3. The van der Waals surface area contributed by atoms with E-state index in [4.69, 9.17) is 4.74 Å². The van der Waals surface area contributed by atoms with Gasteiger partial charge in [0.15, 0.2) is 6.61 Å². The van der Waals surface area contributed by atoms with Gasteiger partial charge in [0.1, 0.15) is 16.3 Å². The Hall–Kier alpha value is -1.94. The predicted octanol–water partition coefficient (Wildman–Crippen LogP) is 2.63. The van der Waals surface area contributed by atoms with Gasteiger partial charge in [0.05, 0.1) is 12.1 Å². The van der Waals surface area contributed by atoms with Crippen LogP contribution in [-0.2, 0) is 11.3 Å². The standard InChI is InChI=1S/C16H14IN3O3S/c1-20(14(21)9-23-11-4-2-10(17)3-5-11)8-13-18-12-6-7-24-15(12)16(22)19-13/h2-7H,8-9H2,1H3,(H,18,19,22). The zero-order valence-electron chi connectivity index (χ0n) is 12.8. The van der Waals surface area contributed by atoms with Crippen molar-refractivity contribution in [3.63, 3.8) is 0 Å². The number of thiophene rings is 1. The van der Waals surface area contributed by atoms with E-state index in [1.165, 1.54) is 16.2 Å². The number of likely N-dealkylation sites (N-methyl/N-ethyl adjacent to an activating group) is 1. The van der Waals surface area contributed by atoms with Crippen molar-refractivity contribution in [3.05, 3.63) is 55.5 Å². The normalized spacial score (nSPS) is 10.8. The molecular formula is C16H14IN3O3S. The number of hydrogen-bond donors (Lipinski definition) is 1. The van der Waals surface area contributed by atoms with Gasteiger partial charge in [0.25, 0.3) is 11.5 Å². The van der Waals surface area contributed by atoms with E-state index in [0.717, 1.165) is 3.57 Å². The van der Waals surface area contributed by atoms with Gasteiger partial charge in [-0.25, -0.2) is 4.98 Å². The number of amides is 1. The SMILES string of the molecule is CN(Cc1nc2ccsc2c(=O)[nH]1)C(=O)COc1ccc(I)cc1. The summed E-state index contributed by atoms with van der Waals surface area (Å²) in [6.45, 7) is 0.151. The second-order valence-electron chi connectivity index (χ2n) is 5.14. The van der Waals surface area contributed by atoms with Gasteiger partial charge >= 0.3 is 0 Å². The molecule has 0 aliphatic heterocycles. The maximum absolute atomic E-state index is 12.2. The van der Waals surface area contributed by atoms with Crippen LogP contribution in [0.3, 0.4) is 0 Å². The fourth-order valence-corrected chi connectivity index (χ4v) is 3.18. The number of carbonyl (C=O) groups excluding carboxylic acids is 1. The first-order valence-corrected chi connectivity index (χ1v) is 9.07. The number of H-pyrrole nitrogens is 1. The Labute approximate surface area is 155 Å². The molecule has 8 heteroatoms. The van der Waals surface area contributed by atoms with Crippen molar-refractivity contribution in [2.75, 3.05) is 13.7 Å². The van der Waals surface area contributed by atoms with E-state index in [9.17, 15) is 9.59 Å². The molecule has 0 radical (unpaired) electrons. The Kier molecular flexibility index (Phi) is 5.14. The number of aromatic amines is 1. The number of halogens is 1. The second kappa shape index (κ2) is 7.31. The second-order valence-corrected chi connectivity index (χ2v) is 7.30. The van der Waals surface area contributed by atoms with Crippen LogP contribution in [0.1, 0.15) is 5.82 Å². The van der Waals surface area contributed by atoms with Gasteiger partial charge < -0.3 is 14.6 Å². The number of nitrogens with zero attached hydrogens (tertiary/aromatic N) is 2. The van der Waals surface area contributed by atoms with Crippen molar-refractivity contribution in [1.82, 2.24) is 14.9 Å². The van der Waals surface area contributed by atoms with E-state index in [2.05, 4.69) is 32.6 Å². The minimum absolute atomic E-state index is 0.0674. The fraction of sp³-hybridized carbons (Fsp3) is 0.188. The van der Waals surface area contributed by atoms with Crippen molar-refractivity contribution in [1.29, 1.82) is 0 Å². The van der Waals surface area contributed by atoms with Crippen LogP contribution >= 0.6 is 33.9 Å². The number of fused-ring (bicyclic) bond motifs is 1. The highest BCUT2D eigenvalue weighted by Crippen LogP contribution is 2.15. The van der Waals surface area contributed by atoms with Gasteiger partial charge in [0.2, 0.25) is 0 Å². The van der Waals surface area contributed by atoms with E-state index in [1.54, 1.807) is 13.1 Å². The predicted molar refractivity (Wildman–Crippen MR) is 101 cm³/mol. The molecule has 1 aromatic carbocycles. The minimum Gasteiger partial charge on any atom is -0.484 e. The van der Waals surface area contributed by atoms with Crippen LogP contribution in [0.4, 0.5) is 0 Å². The van der Waals surface area contributed by atoms with Gasteiger partial charge in [-0.05, 0) is 58.3 Å². The molecule has 0 spiro atoms. The number of nitrogens with one attached hydrogen (secondary N) is 1. The largest absolute Gasteiger partial charge is 0.484 e. The van der Waals surface area contributed by atoms with Gasteiger partial charge in [-0.1, -0.05) is 0 Å². The number of aromatic nitrogens is 2. The average molecular weight is 455 g/mol. The monoisotopic (exact) mass is 455 g/mol. The summed E-state index contributed by atoms with van der Waals surface area (Å²) in [5.41, 5.74) is 0.468. The number of carbonyl (C=O) groups is 1. The molecule has 0 aliphatic rings. The van der Waals surface area contributed by atoms with Crippen LogP contribution in [-0.4, -0.2) is 34.4 Å². The van der Waals surface area contributed by atoms with Crippen molar-refractivity contribution in [2.45, 2.75) is 6.54 Å². The number of hydrogen-bond acceptors (Lipinski definition) is 5. The van der Waals surface area contributed by atoms with E-state index >= 15 is 0 Å². The van der Waals surface area contributed by atoms with Crippen LogP contribution < -0.4 is 10.3 Å². The molecule has 0 aliphatic carbocycles. The third kappa shape index (κ3) is 3.93. The number of benzene rings is 1. The van der Waals surface area contributed by atoms with Gasteiger partial charge in [0, 0.05) is 10.6 Å². The summed E-state index contributed by atoms with van der Waals surface area (Å²) in [5.74, 6) is 0.904. The van der Waals surface area contributed by atoms with Crippen molar-refractivity contribution < 1.29 is 9.53 Å². The maximum atomic E-state index is 12.2. The molecule has 0 unspecified atom stereocenters. The summed E-state index contributed by atoms with van der Waals surface area (Å²) in [6, 6.07) is 9.25. The molecular weight excluding hydrogens is 441 g/mol. The van der Waals surface area contributed by atoms with Gasteiger partial charge in [-0.2, -0.15) is 0 Å². The molecule has 3 rings (SSSR count). The molecule has 2 aromatic heterocycles. The Balaban J connectivity index is 1.62. The molecule has 3 aromatic rings. The van der Waals surface area contributed by atoms with Gasteiger partial charge in [-0.15, -0.1) is 11.3 Å². The number of ether oxygens (including phenoxy) is 1. The zero-order valence-corrected chi connectivity index (χ0v) is 15.8. The Morgan fingerprint density at radius 2 is 2.08 bits per heavy atom. The first-order chi connectivity index (χ1) is 11.5. The summed E-state index contributed by atoms with van der Waals surface area (Å²) in [4.78, 5) is 32.7. The summed E-state index contributed by atoms with van der Waals surface area (Å²) in [5, 5.41) is 1.82. The molecule has 2 heterocycles. The highest BCUT2D eigenvalue weighted by atomic mass is 127. The van der Waals surface area contributed by atoms with Crippen LogP contribution in [0.2, 0.25) is 0 Å². The van der Waals surface area contributed by atoms with Crippen LogP contribution in [0.25, 0.3) is 10.2 Å². The molecule has 1 amide bonds. The lowest BCUT2D eigenvalue weighted by Gasteiger charge is -2.17. The van der Waals surface area contributed by atoms with E-state index in [1.807, 2.05) is 29.6 Å². The molecule has 0 bridgehead atoms. The lowest BCUT2D eigenvalue weighted by molar-refractivity contribution is -0.132. The molecule has 0 saturated carbocycles. The molecule has 0 fully saturated rings. The molecule has 0 atom stereocenters. The highest BCUT2D eigenvalue weighted by Gasteiger charge is 2.13. The van der Waals surface area contributed by atoms with Crippen molar-refractivity contribution >= 4 is 50.1 Å². The lowest BCUT2D eigenvalue weighted by Crippen LogP contribution is -2.32. The molecule has 124 valence electrons. The average Bonchev–Trinajstić information content (AvgIpc) is 3.03. The van der Waals surface area contributed by atoms with Crippen LogP contribution in [0.5, 0.6) is 5.75 Å². The zero-order chi connectivity index (χ0) is 17.1. The molecule has 6 nitrogen and oxygen atoms in total. The summed E-state index contributed by atoms with van der Waals surface area (Å²) in [7, 11) is 1.65. The Morgan fingerprint density at radius 1 is 1.33 bits per heavy atom. The topological polar surface area (TPSA) is 75.3 Å². The van der Waals surface area contributed by atoms with Crippen molar-refractivity contribution in [3.8, 4) is 5.75 Å². The molecule has 1 N–H and O–H groups in total. The highest BCUT2D eigenvalue weighted by molar-refractivity contribution is 14.1. The summed E-state index contributed by atoms with van der Waals surface area (Å²) >= 11 is 3.55. The van der Waals surface area contributed by atoms with E-state index in [-0.39, 0.29) is 24.6 Å². The molecule has 24 heavy (non-hydrogen) atoms. The van der Waals surface area contributed by atoms with Crippen LogP contribution in [0.15, 0.2) is 40.5 Å². The summed E-state index contributed by atoms with van der Waals surface area (Å²) in [6.07, 6.45) is 0. The third-order valence-corrected chi connectivity index (χ3v) is 4.97. The van der Waals surface area contributed by atoms with E-state index in [0.29, 0.717) is 21.8 Å². The fourth-order valence-electron chi connectivity index (χ4n) is 2.10. The van der Waals surface area contributed by atoms with Gasteiger partial charge in [-0.3, -0.25) is 9.59 Å². The first kappa shape index (κ1) is 16.9. The summed E-state index contributed by atoms with van der Waals surface area (Å²) < 4.78 is 7.17. The smallest absolute Gasteiger partial charge is 0.268 e. The molecule has 0 saturated heterocycles. The quantitative estimate of drug-likeness (QED) is 0.601. The number of rotatable bonds is 5. The minimum atomic E-state index is -0.193. The maximum Gasteiger partial charge on any atom is 0.268 e. The van der Waals surface area contributed by atoms with Crippen molar-refractivity contribution in [2.24, 2.45) is 0 Å². The third-order valence-electron chi connectivity index (χ3n) is 3.35.